The molecule has 2 atom stereocenters. The van der Waals surface area contributed by atoms with Gasteiger partial charge in [0.05, 0.1) is 11.9 Å². The quantitative estimate of drug-likeness (QED) is 0.465. The van der Waals surface area contributed by atoms with Crippen molar-refractivity contribution in [1.29, 1.82) is 0 Å². The van der Waals surface area contributed by atoms with Crippen LogP contribution in [0.2, 0.25) is 0 Å². The van der Waals surface area contributed by atoms with Crippen LogP contribution in [0.5, 0.6) is 11.6 Å². The zero-order valence-corrected chi connectivity index (χ0v) is 18.1. The number of carbonyl (C=O) groups is 1. The van der Waals surface area contributed by atoms with Crippen LogP contribution in [-0.2, 0) is 0 Å². The first-order chi connectivity index (χ1) is 15.6. The standard InChI is InChI=1S/C14H17NO.C12H11FN2O/c16-9-11-2-1-3-12(6-11)13-7-14(13)15-8-10-4-5-10;1-14-10-4-7-12(15-8-10)16-11-5-2-9(13)3-6-11/h1-3,6,9-10,13-15H,4-5,7-8H2;2-8,14H,1H3. The summed E-state index contributed by atoms with van der Waals surface area (Å²) in [5.41, 5.74) is 3.02. The van der Waals surface area contributed by atoms with E-state index >= 15 is 0 Å². The third kappa shape index (κ3) is 6.37. The van der Waals surface area contributed by atoms with Gasteiger partial charge < -0.3 is 15.4 Å². The number of pyridine rings is 1. The molecule has 2 aliphatic rings. The van der Waals surface area contributed by atoms with Gasteiger partial charge in [0.1, 0.15) is 17.9 Å². The van der Waals surface area contributed by atoms with Crippen LogP contribution in [-0.4, -0.2) is 30.9 Å². The first-order valence-corrected chi connectivity index (χ1v) is 11.0. The van der Waals surface area contributed by atoms with Gasteiger partial charge >= 0.3 is 0 Å². The molecule has 2 saturated carbocycles. The van der Waals surface area contributed by atoms with E-state index < -0.39 is 0 Å². The molecule has 6 heteroatoms. The molecule has 0 radical (unpaired) electrons. The Hall–Kier alpha value is -3.25. The minimum absolute atomic E-state index is 0.286. The average Bonchev–Trinajstić information content (AvgIpc) is 3.75. The lowest BCUT2D eigenvalue weighted by Crippen LogP contribution is -2.20. The maximum Gasteiger partial charge on any atom is 0.219 e. The van der Waals surface area contributed by atoms with Crippen molar-refractivity contribution < 1.29 is 13.9 Å². The van der Waals surface area contributed by atoms with Gasteiger partial charge in [-0.25, -0.2) is 9.37 Å². The van der Waals surface area contributed by atoms with Crippen molar-refractivity contribution >= 4 is 12.0 Å². The van der Waals surface area contributed by atoms with E-state index in [2.05, 4.69) is 21.7 Å². The summed E-state index contributed by atoms with van der Waals surface area (Å²) < 4.78 is 18.1. The van der Waals surface area contributed by atoms with Gasteiger partial charge in [0, 0.05) is 30.6 Å². The number of nitrogens with zero attached hydrogens (tertiary/aromatic N) is 1. The summed E-state index contributed by atoms with van der Waals surface area (Å²) >= 11 is 0. The number of rotatable bonds is 8. The zero-order valence-electron chi connectivity index (χ0n) is 18.1. The van der Waals surface area contributed by atoms with E-state index in [-0.39, 0.29) is 5.82 Å². The molecule has 3 aromatic rings. The van der Waals surface area contributed by atoms with Crippen molar-refractivity contribution in [2.24, 2.45) is 5.92 Å². The number of anilines is 1. The van der Waals surface area contributed by atoms with E-state index in [1.54, 1.807) is 24.4 Å². The molecule has 166 valence electrons. The molecular weight excluding hydrogens is 405 g/mol. The van der Waals surface area contributed by atoms with Gasteiger partial charge in [0.15, 0.2) is 0 Å². The smallest absolute Gasteiger partial charge is 0.219 e. The minimum Gasteiger partial charge on any atom is -0.439 e. The molecule has 0 amide bonds. The molecule has 5 rings (SSSR count). The largest absolute Gasteiger partial charge is 0.439 e. The summed E-state index contributed by atoms with van der Waals surface area (Å²) in [7, 11) is 1.82. The zero-order chi connectivity index (χ0) is 22.3. The highest BCUT2D eigenvalue weighted by molar-refractivity contribution is 5.75. The highest BCUT2D eigenvalue weighted by Crippen LogP contribution is 2.41. The Bertz CT molecular complexity index is 1020. The topological polar surface area (TPSA) is 63.2 Å². The van der Waals surface area contributed by atoms with Gasteiger partial charge in [0.25, 0.3) is 0 Å². The van der Waals surface area contributed by atoms with Crippen molar-refractivity contribution in [3.63, 3.8) is 0 Å². The van der Waals surface area contributed by atoms with Crippen molar-refractivity contribution in [3.05, 3.63) is 83.8 Å². The predicted octanol–water partition coefficient (Wildman–Crippen LogP) is 5.41. The van der Waals surface area contributed by atoms with E-state index in [1.807, 2.05) is 31.3 Å². The number of ether oxygens (including phenoxy) is 1. The first-order valence-electron chi connectivity index (χ1n) is 11.0. The third-order valence-corrected chi connectivity index (χ3v) is 5.69. The second kappa shape index (κ2) is 10.4. The van der Waals surface area contributed by atoms with Gasteiger partial charge in [-0.2, -0.15) is 0 Å². The minimum atomic E-state index is -0.286. The normalized spacial score (nSPS) is 18.8. The van der Waals surface area contributed by atoms with Crippen LogP contribution >= 0.6 is 0 Å². The second-order valence-corrected chi connectivity index (χ2v) is 8.28. The van der Waals surface area contributed by atoms with E-state index in [4.69, 9.17) is 4.74 Å². The summed E-state index contributed by atoms with van der Waals surface area (Å²) in [4.78, 5) is 14.8. The summed E-state index contributed by atoms with van der Waals surface area (Å²) in [6, 6.07) is 18.1. The monoisotopic (exact) mass is 433 g/mol. The molecule has 0 bridgehead atoms. The van der Waals surface area contributed by atoms with Crippen molar-refractivity contribution in [2.45, 2.75) is 31.2 Å². The average molecular weight is 434 g/mol. The summed E-state index contributed by atoms with van der Waals surface area (Å²) in [6.07, 6.45) is 6.64. The Labute approximate surface area is 188 Å². The number of hydrogen-bond donors (Lipinski definition) is 2. The SMILES string of the molecule is CNc1ccc(Oc2ccc(F)cc2)nc1.O=Cc1cccc(C2CC2NCC2CC2)c1. The van der Waals surface area contributed by atoms with E-state index in [9.17, 15) is 9.18 Å². The Morgan fingerprint density at radius 1 is 1.12 bits per heavy atom. The van der Waals surface area contributed by atoms with Gasteiger partial charge in [-0.05, 0) is 73.7 Å². The lowest BCUT2D eigenvalue weighted by atomic mass is 10.1. The van der Waals surface area contributed by atoms with E-state index in [1.165, 1.54) is 43.5 Å². The summed E-state index contributed by atoms with van der Waals surface area (Å²) in [5, 5.41) is 6.57. The van der Waals surface area contributed by atoms with Crippen LogP contribution in [0.25, 0.3) is 0 Å². The predicted molar refractivity (Wildman–Crippen MR) is 124 cm³/mol. The molecule has 0 aliphatic heterocycles. The molecule has 0 saturated heterocycles. The molecule has 2 aromatic carbocycles. The molecule has 2 aliphatic carbocycles. The maximum atomic E-state index is 12.6. The number of nitrogens with one attached hydrogen (secondary N) is 2. The molecule has 1 aromatic heterocycles. The number of hydrogen-bond acceptors (Lipinski definition) is 5. The molecule has 2 fully saturated rings. The highest BCUT2D eigenvalue weighted by Gasteiger charge is 2.38. The van der Waals surface area contributed by atoms with Crippen molar-refractivity contribution in [3.8, 4) is 11.6 Å². The fourth-order valence-electron chi connectivity index (χ4n) is 3.50. The maximum absolute atomic E-state index is 12.6. The Morgan fingerprint density at radius 2 is 1.94 bits per heavy atom. The molecule has 5 nitrogen and oxygen atoms in total. The number of benzene rings is 2. The van der Waals surface area contributed by atoms with Crippen LogP contribution < -0.4 is 15.4 Å². The van der Waals surface area contributed by atoms with Gasteiger partial charge in [-0.1, -0.05) is 18.2 Å². The van der Waals surface area contributed by atoms with E-state index in [0.29, 0.717) is 23.6 Å². The number of carbonyl (C=O) groups excluding carboxylic acids is 1. The summed E-state index contributed by atoms with van der Waals surface area (Å²) in [6.45, 7) is 1.19. The van der Waals surface area contributed by atoms with Gasteiger partial charge in [-0.15, -0.1) is 0 Å². The lowest BCUT2D eigenvalue weighted by Gasteiger charge is -2.05. The van der Waals surface area contributed by atoms with Gasteiger partial charge in [-0.3, -0.25) is 4.79 Å². The Balaban J connectivity index is 0.000000153. The van der Waals surface area contributed by atoms with Crippen LogP contribution in [0.15, 0.2) is 66.9 Å². The molecule has 2 N–H and O–H groups in total. The Morgan fingerprint density at radius 3 is 2.59 bits per heavy atom. The van der Waals surface area contributed by atoms with E-state index in [0.717, 1.165) is 23.5 Å². The number of aldehydes is 1. The molecule has 1 heterocycles. The van der Waals surface area contributed by atoms with Crippen LogP contribution in [0, 0.1) is 11.7 Å². The molecule has 32 heavy (non-hydrogen) atoms. The molecular formula is C26H28FN3O2. The first kappa shape index (κ1) is 22.0. The second-order valence-electron chi connectivity index (χ2n) is 8.28. The summed E-state index contributed by atoms with van der Waals surface area (Å²) in [5.74, 6) is 2.34. The van der Waals surface area contributed by atoms with Crippen molar-refractivity contribution in [2.75, 3.05) is 18.9 Å². The fraction of sp³-hybridized carbons (Fsp3) is 0.308. The Kier molecular flexibility index (Phi) is 7.12. The van der Waals surface area contributed by atoms with Crippen molar-refractivity contribution in [1.82, 2.24) is 10.3 Å². The number of halogens is 1. The van der Waals surface area contributed by atoms with Crippen LogP contribution in [0.3, 0.4) is 0 Å². The van der Waals surface area contributed by atoms with Gasteiger partial charge in [0.2, 0.25) is 5.88 Å². The molecule has 2 unspecified atom stereocenters. The van der Waals surface area contributed by atoms with Crippen LogP contribution in [0.4, 0.5) is 10.1 Å². The number of aromatic nitrogens is 1. The fourth-order valence-corrected chi connectivity index (χ4v) is 3.50. The van der Waals surface area contributed by atoms with Crippen LogP contribution in [0.1, 0.15) is 41.1 Å². The molecule has 0 spiro atoms. The highest BCUT2D eigenvalue weighted by atomic mass is 19.1. The lowest BCUT2D eigenvalue weighted by molar-refractivity contribution is 0.112. The third-order valence-electron chi connectivity index (χ3n) is 5.69.